The first kappa shape index (κ1) is 23.4. The van der Waals surface area contributed by atoms with Crippen molar-refractivity contribution in [1.29, 1.82) is 0 Å². The van der Waals surface area contributed by atoms with Crippen molar-refractivity contribution in [3.05, 3.63) is 101 Å². The van der Waals surface area contributed by atoms with E-state index in [1.54, 1.807) is 24.3 Å². The molecule has 3 unspecified atom stereocenters. The quantitative estimate of drug-likeness (QED) is 0.329. The number of benzene rings is 3. The molecule has 1 nitrogen and oxygen atoms in total. The van der Waals surface area contributed by atoms with Gasteiger partial charge in [0.25, 0.3) is 0 Å². The van der Waals surface area contributed by atoms with Crippen LogP contribution < -0.4 is 0 Å². The Hall–Kier alpha value is -2.27. The van der Waals surface area contributed by atoms with Gasteiger partial charge in [0, 0.05) is 4.32 Å². The molecule has 0 aliphatic carbocycles. The van der Waals surface area contributed by atoms with Crippen LogP contribution in [0.2, 0.25) is 0 Å². The molecule has 0 aliphatic rings. The van der Waals surface area contributed by atoms with Crippen molar-refractivity contribution < 1.29 is 18.3 Å². The highest BCUT2D eigenvalue weighted by Gasteiger charge is 2.33. The second kappa shape index (κ2) is 9.47. The van der Waals surface area contributed by atoms with Crippen molar-refractivity contribution in [3.8, 4) is 5.75 Å². The van der Waals surface area contributed by atoms with Crippen LogP contribution in [-0.4, -0.2) is 5.11 Å². The highest BCUT2D eigenvalue weighted by Crippen LogP contribution is 2.44. The maximum atomic E-state index is 13.0. The molecule has 0 heterocycles. The number of hydrogen-bond acceptors (Lipinski definition) is 1. The van der Waals surface area contributed by atoms with Gasteiger partial charge in [0.1, 0.15) is 5.75 Å². The van der Waals surface area contributed by atoms with E-state index in [1.807, 2.05) is 37.3 Å². The van der Waals surface area contributed by atoms with Gasteiger partial charge in [0.05, 0.1) is 5.56 Å². The zero-order chi connectivity index (χ0) is 22.6. The number of alkyl halides is 4. The molecule has 5 heteroatoms. The van der Waals surface area contributed by atoms with Crippen LogP contribution in [0.25, 0.3) is 0 Å². The zero-order valence-electron chi connectivity index (χ0n) is 17.5. The zero-order valence-corrected chi connectivity index (χ0v) is 19.1. The summed E-state index contributed by atoms with van der Waals surface area (Å²) in [7, 11) is 0. The lowest BCUT2D eigenvalue weighted by molar-refractivity contribution is -0.137. The van der Waals surface area contributed by atoms with E-state index in [1.165, 1.54) is 5.56 Å². The molecule has 164 valence electrons. The van der Waals surface area contributed by atoms with Gasteiger partial charge in [-0.05, 0) is 72.6 Å². The minimum Gasteiger partial charge on any atom is -0.508 e. The Morgan fingerprint density at radius 3 is 1.90 bits per heavy atom. The van der Waals surface area contributed by atoms with Crippen molar-refractivity contribution in [1.82, 2.24) is 0 Å². The molecule has 0 spiro atoms. The Morgan fingerprint density at radius 1 is 0.806 bits per heavy atom. The molecule has 3 rings (SSSR count). The predicted molar refractivity (Wildman–Crippen MR) is 123 cm³/mol. The Kier molecular flexibility index (Phi) is 7.15. The Morgan fingerprint density at radius 2 is 1.35 bits per heavy atom. The molecule has 0 saturated carbocycles. The minimum absolute atomic E-state index is 0.141. The van der Waals surface area contributed by atoms with E-state index in [2.05, 4.69) is 35.0 Å². The third kappa shape index (κ3) is 6.13. The molecule has 31 heavy (non-hydrogen) atoms. The fraction of sp³-hybridized carbons (Fsp3) is 0.308. The molecule has 0 aliphatic heterocycles. The molecule has 0 radical (unpaired) electrons. The summed E-state index contributed by atoms with van der Waals surface area (Å²) >= 11 is 3.79. The highest BCUT2D eigenvalue weighted by atomic mass is 79.9. The molecular weight excluding hydrogens is 465 g/mol. The third-order valence-electron chi connectivity index (χ3n) is 5.82. The van der Waals surface area contributed by atoms with Crippen LogP contribution in [0.1, 0.15) is 60.8 Å². The summed E-state index contributed by atoms with van der Waals surface area (Å²) in [5.74, 6) is 0.654. The van der Waals surface area contributed by atoms with Crippen LogP contribution >= 0.6 is 15.9 Å². The van der Waals surface area contributed by atoms with Gasteiger partial charge < -0.3 is 5.11 Å². The molecule has 0 saturated heterocycles. The van der Waals surface area contributed by atoms with Gasteiger partial charge >= 0.3 is 6.18 Å². The fourth-order valence-electron chi connectivity index (χ4n) is 4.02. The highest BCUT2D eigenvalue weighted by molar-refractivity contribution is 9.09. The van der Waals surface area contributed by atoms with Gasteiger partial charge in [0.15, 0.2) is 0 Å². The van der Waals surface area contributed by atoms with E-state index >= 15 is 0 Å². The van der Waals surface area contributed by atoms with Gasteiger partial charge in [-0.2, -0.15) is 13.2 Å². The molecule has 0 amide bonds. The van der Waals surface area contributed by atoms with Gasteiger partial charge in [0.2, 0.25) is 0 Å². The Labute approximate surface area is 190 Å². The standard InChI is InChI=1S/C26H26BrF3O/c1-18(19-6-4-3-5-7-19)16-21(20-8-14-24(31)15-9-20)17-25(2,27)22-10-12-23(13-11-22)26(28,29)30/h3-15,18,21,31H,16-17H2,1-2H3. The number of halogens is 4. The van der Waals surface area contributed by atoms with Crippen molar-refractivity contribution in [2.45, 2.75) is 49.0 Å². The molecule has 0 bridgehead atoms. The summed E-state index contributed by atoms with van der Waals surface area (Å²) in [6.45, 7) is 4.18. The molecule has 3 aromatic rings. The Balaban J connectivity index is 1.87. The first-order valence-electron chi connectivity index (χ1n) is 10.3. The number of hydrogen-bond donors (Lipinski definition) is 1. The molecule has 3 aromatic carbocycles. The van der Waals surface area contributed by atoms with Gasteiger partial charge in [-0.3, -0.25) is 0 Å². The lowest BCUT2D eigenvalue weighted by Crippen LogP contribution is -2.19. The largest absolute Gasteiger partial charge is 0.508 e. The summed E-state index contributed by atoms with van der Waals surface area (Å²) in [5.41, 5.74) is 2.50. The monoisotopic (exact) mass is 490 g/mol. The first-order valence-corrected chi connectivity index (χ1v) is 11.1. The SMILES string of the molecule is CC(CC(CC(C)(Br)c1ccc(C(F)(F)F)cc1)c1ccc(O)cc1)c1ccccc1. The second-order valence-electron chi connectivity index (χ2n) is 8.31. The molecule has 0 fully saturated rings. The number of rotatable bonds is 7. The number of phenolic OH excluding ortho intramolecular Hbond substituents is 1. The van der Waals surface area contributed by atoms with E-state index in [-0.39, 0.29) is 11.7 Å². The summed E-state index contributed by atoms with van der Waals surface area (Å²) in [6.07, 6.45) is -2.78. The maximum Gasteiger partial charge on any atom is 0.416 e. The van der Waals surface area contributed by atoms with E-state index in [0.29, 0.717) is 12.3 Å². The third-order valence-corrected chi connectivity index (χ3v) is 6.60. The Bertz CT molecular complexity index is 964. The smallest absolute Gasteiger partial charge is 0.416 e. The van der Waals surface area contributed by atoms with Gasteiger partial charge in [-0.25, -0.2) is 0 Å². The maximum absolute atomic E-state index is 13.0. The average molecular weight is 491 g/mol. The van der Waals surface area contributed by atoms with E-state index in [9.17, 15) is 18.3 Å². The average Bonchev–Trinajstić information content (AvgIpc) is 2.74. The minimum atomic E-state index is -4.35. The van der Waals surface area contributed by atoms with Crippen LogP contribution in [0, 0.1) is 0 Å². The lowest BCUT2D eigenvalue weighted by Gasteiger charge is -2.31. The van der Waals surface area contributed by atoms with Crippen LogP contribution in [0.5, 0.6) is 5.75 Å². The number of aromatic hydroxyl groups is 1. The molecule has 0 aromatic heterocycles. The lowest BCUT2D eigenvalue weighted by atomic mass is 9.79. The van der Waals surface area contributed by atoms with Crippen LogP contribution in [0.3, 0.4) is 0 Å². The normalized spacial score (nSPS) is 15.8. The van der Waals surface area contributed by atoms with Crippen molar-refractivity contribution in [3.63, 3.8) is 0 Å². The summed E-state index contributed by atoms with van der Waals surface area (Å²) in [4.78, 5) is 0. The van der Waals surface area contributed by atoms with Crippen molar-refractivity contribution in [2.24, 2.45) is 0 Å². The summed E-state index contributed by atoms with van der Waals surface area (Å²) in [6, 6.07) is 22.8. The molecule has 3 atom stereocenters. The van der Waals surface area contributed by atoms with E-state index < -0.39 is 16.1 Å². The summed E-state index contributed by atoms with van der Waals surface area (Å²) in [5, 5.41) is 9.70. The predicted octanol–water partition coefficient (Wildman–Crippen LogP) is 8.39. The molecule has 1 N–H and O–H groups in total. The first-order chi connectivity index (χ1) is 14.6. The van der Waals surface area contributed by atoms with Gasteiger partial charge in [-0.1, -0.05) is 77.5 Å². The topological polar surface area (TPSA) is 20.2 Å². The van der Waals surface area contributed by atoms with E-state index in [0.717, 1.165) is 29.7 Å². The number of phenols is 1. The van der Waals surface area contributed by atoms with Crippen molar-refractivity contribution in [2.75, 3.05) is 0 Å². The van der Waals surface area contributed by atoms with Crippen LogP contribution in [0.4, 0.5) is 13.2 Å². The molecular formula is C26H26BrF3O. The van der Waals surface area contributed by atoms with E-state index in [4.69, 9.17) is 0 Å². The van der Waals surface area contributed by atoms with Crippen LogP contribution in [0.15, 0.2) is 78.9 Å². The second-order valence-corrected chi connectivity index (χ2v) is 10.1. The summed E-state index contributed by atoms with van der Waals surface area (Å²) < 4.78 is 38.4. The van der Waals surface area contributed by atoms with Crippen LogP contribution in [-0.2, 0) is 10.5 Å². The fourth-order valence-corrected chi connectivity index (χ4v) is 4.67. The van der Waals surface area contributed by atoms with Gasteiger partial charge in [-0.15, -0.1) is 0 Å². The van der Waals surface area contributed by atoms with Crippen molar-refractivity contribution >= 4 is 15.9 Å².